The van der Waals surface area contributed by atoms with Gasteiger partial charge in [-0.3, -0.25) is 0 Å². The van der Waals surface area contributed by atoms with Crippen LogP contribution in [0.3, 0.4) is 0 Å². The van der Waals surface area contributed by atoms with E-state index in [1.807, 2.05) is 6.20 Å². The Morgan fingerprint density at radius 2 is 2.29 bits per heavy atom. The SMILES string of the molecule is C=Cn1cc(CNc2cc(-n3cnnn3)ccc2F)cn1. The Labute approximate surface area is 119 Å². The number of aromatic nitrogens is 6. The Morgan fingerprint density at radius 1 is 1.38 bits per heavy atom. The fourth-order valence-corrected chi connectivity index (χ4v) is 1.84. The second-order valence-corrected chi connectivity index (χ2v) is 4.28. The highest BCUT2D eigenvalue weighted by molar-refractivity contribution is 5.52. The third-order valence-electron chi connectivity index (χ3n) is 2.89. The van der Waals surface area contributed by atoms with E-state index in [2.05, 4.69) is 32.5 Å². The number of benzene rings is 1. The van der Waals surface area contributed by atoms with Crippen molar-refractivity contribution in [3.8, 4) is 5.69 Å². The lowest BCUT2D eigenvalue weighted by Gasteiger charge is -2.08. The molecule has 106 valence electrons. The van der Waals surface area contributed by atoms with Gasteiger partial charge in [0.1, 0.15) is 12.1 Å². The minimum absolute atomic E-state index is 0.345. The molecule has 3 rings (SSSR count). The van der Waals surface area contributed by atoms with Crippen LogP contribution in [0.2, 0.25) is 0 Å². The number of rotatable bonds is 5. The standard InChI is InChI=1S/C13H12FN7/c1-2-20-8-10(7-17-20)6-15-13-5-11(3-4-12(13)14)21-9-16-18-19-21/h2-5,7-9,15H,1,6H2. The number of halogens is 1. The van der Waals surface area contributed by atoms with Gasteiger partial charge in [-0.25, -0.2) is 13.8 Å². The van der Waals surface area contributed by atoms with Gasteiger partial charge in [0, 0.05) is 24.5 Å². The second-order valence-electron chi connectivity index (χ2n) is 4.28. The Bertz CT molecular complexity index is 748. The molecule has 21 heavy (non-hydrogen) atoms. The van der Waals surface area contributed by atoms with E-state index in [1.54, 1.807) is 29.2 Å². The van der Waals surface area contributed by atoms with Crippen molar-refractivity contribution in [2.75, 3.05) is 5.32 Å². The minimum Gasteiger partial charge on any atom is -0.378 e. The van der Waals surface area contributed by atoms with Gasteiger partial charge in [-0.1, -0.05) is 6.58 Å². The molecule has 0 atom stereocenters. The zero-order chi connectivity index (χ0) is 14.7. The lowest BCUT2D eigenvalue weighted by Crippen LogP contribution is -2.03. The van der Waals surface area contributed by atoms with Gasteiger partial charge in [0.05, 0.1) is 17.6 Å². The maximum absolute atomic E-state index is 13.8. The molecule has 8 heteroatoms. The summed E-state index contributed by atoms with van der Waals surface area (Å²) in [6, 6.07) is 4.61. The summed E-state index contributed by atoms with van der Waals surface area (Å²) >= 11 is 0. The molecule has 0 radical (unpaired) electrons. The van der Waals surface area contributed by atoms with Gasteiger partial charge < -0.3 is 5.32 Å². The van der Waals surface area contributed by atoms with Crippen LogP contribution in [-0.2, 0) is 6.54 Å². The first kappa shape index (κ1) is 13.0. The summed E-state index contributed by atoms with van der Waals surface area (Å²) in [5.74, 6) is -0.345. The highest BCUT2D eigenvalue weighted by Gasteiger charge is 2.06. The summed E-state index contributed by atoms with van der Waals surface area (Å²) in [4.78, 5) is 0. The fourth-order valence-electron chi connectivity index (χ4n) is 1.84. The van der Waals surface area contributed by atoms with Gasteiger partial charge >= 0.3 is 0 Å². The number of hydrogen-bond acceptors (Lipinski definition) is 5. The van der Waals surface area contributed by atoms with Crippen molar-refractivity contribution in [3.05, 3.63) is 54.9 Å². The van der Waals surface area contributed by atoms with Crippen LogP contribution < -0.4 is 5.32 Å². The van der Waals surface area contributed by atoms with Crippen LogP contribution in [0.15, 0.2) is 43.5 Å². The highest BCUT2D eigenvalue weighted by Crippen LogP contribution is 2.19. The van der Waals surface area contributed by atoms with Crippen LogP contribution in [0.5, 0.6) is 0 Å². The number of nitrogens with zero attached hydrogens (tertiary/aromatic N) is 6. The Kier molecular flexibility index (Phi) is 3.42. The molecular weight excluding hydrogens is 273 g/mol. The number of hydrogen-bond donors (Lipinski definition) is 1. The predicted octanol–water partition coefficient (Wildman–Crippen LogP) is 1.71. The van der Waals surface area contributed by atoms with E-state index < -0.39 is 0 Å². The van der Waals surface area contributed by atoms with E-state index in [0.29, 0.717) is 17.9 Å². The average molecular weight is 285 g/mol. The monoisotopic (exact) mass is 285 g/mol. The van der Waals surface area contributed by atoms with Crippen molar-refractivity contribution >= 4 is 11.9 Å². The summed E-state index contributed by atoms with van der Waals surface area (Å²) in [5, 5.41) is 18.0. The number of nitrogens with one attached hydrogen (secondary N) is 1. The third-order valence-corrected chi connectivity index (χ3v) is 2.89. The predicted molar refractivity (Wildman–Crippen MR) is 75.1 cm³/mol. The molecule has 0 saturated carbocycles. The van der Waals surface area contributed by atoms with Crippen LogP contribution in [0, 0.1) is 5.82 Å². The molecule has 0 saturated heterocycles. The largest absolute Gasteiger partial charge is 0.378 e. The molecule has 2 aromatic heterocycles. The van der Waals surface area contributed by atoms with Crippen molar-refractivity contribution in [1.82, 2.24) is 30.0 Å². The van der Waals surface area contributed by atoms with E-state index in [-0.39, 0.29) is 5.82 Å². The maximum Gasteiger partial charge on any atom is 0.146 e. The van der Waals surface area contributed by atoms with Crippen LogP contribution >= 0.6 is 0 Å². The van der Waals surface area contributed by atoms with Crippen molar-refractivity contribution in [1.29, 1.82) is 0 Å². The van der Waals surface area contributed by atoms with Gasteiger partial charge in [0.2, 0.25) is 0 Å². The smallest absolute Gasteiger partial charge is 0.146 e. The molecule has 0 aliphatic carbocycles. The normalized spacial score (nSPS) is 10.5. The van der Waals surface area contributed by atoms with Gasteiger partial charge in [0.15, 0.2) is 0 Å². The van der Waals surface area contributed by atoms with E-state index in [4.69, 9.17) is 0 Å². The van der Waals surface area contributed by atoms with E-state index >= 15 is 0 Å². The Hall–Kier alpha value is -3.03. The van der Waals surface area contributed by atoms with Gasteiger partial charge in [-0.2, -0.15) is 5.10 Å². The van der Waals surface area contributed by atoms with E-state index in [1.165, 1.54) is 17.1 Å². The van der Waals surface area contributed by atoms with Crippen molar-refractivity contribution in [2.45, 2.75) is 6.54 Å². The molecule has 2 heterocycles. The second kappa shape index (κ2) is 5.53. The molecule has 0 fully saturated rings. The molecule has 3 aromatic rings. The van der Waals surface area contributed by atoms with Gasteiger partial charge in [-0.15, -0.1) is 5.10 Å². The molecule has 0 bridgehead atoms. The summed E-state index contributed by atoms with van der Waals surface area (Å²) in [6.45, 7) is 4.06. The quantitative estimate of drug-likeness (QED) is 0.772. The Balaban J connectivity index is 1.78. The number of tetrazole rings is 1. The van der Waals surface area contributed by atoms with Crippen LogP contribution in [-0.4, -0.2) is 30.0 Å². The molecular formula is C13H12FN7. The van der Waals surface area contributed by atoms with Crippen molar-refractivity contribution in [2.24, 2.45) is 0 Å². The summed E-state index contributed by atoms with van der Waals surface area (Å²) in [5.41, 5.74) is 1.96. The molecule has 1 N–H and O–H groups in total. The first-order valence-electron chi connectivity index (χ1n) is 6.18. The molecule has 0 amide bonds. The van der Waals surface area contributed by atoms with E-state index in [0.717, 1.165) is 5.56 Å². The first-order chi connectivity index (χ1) is 10.3. The third kappa shape index (κ3) is 2.78. The minimum atomic E-state index is -0.345. The maximum atomic E-state index is 13.8. The van der Waals surface area contributed by atoms with Crippen molar-refractivity contribution < 1.29 is 4.39 Å². The molecule has 0 unspecified atom stereocenters. The highest BCUT2D eigenvalue weighted by atomic mass is 19.1. The van der Waals surface area contributed by atoms with E-state index in [9.17, 15) is 4.39 Å². The first-order valence-corrected chi connectivity index (χ1v) is 6.18. The zero-order valence-corrected chi connectivity index (χ0v) is 11.0. The fraction of sp³-hybridized carbons (Fsp3) is 0.0769. The van der Waals surface area contributed by atoms with Crippen LogP contribution in [0.1, 0.15) is 5.56 Å². The Morgan fingerprint density at radius 3 is 3.00 bits per heavy atom. The molecule has 1 aromatic carbocycles. The van der Waals surface area contributed by atoms with Crippen LogP contribution in [0.25, 0.3) is 11.9 Å². The number of anilines is 1. The molecule has 0 spiro atoms. The summed E-state index contributed by atoms with van der Waals surface area (Å²) < 4.78 is 16.9. The molecule has 7 nitrogen and oxygen atoms in total. The van der Waals surface area contributed by atoms with Gasteiger partial charge in [-0.05, 0) is 28.6 Å². The lowest BCUT2D eigenvalue weighted by atomic mass is 10.2. The summed E-state index contributed by atoms with van der Waals surface area (Å²) in [7, 11) is 0. The van der Waals surface area contributed by atoms with Crippen molar-refractivity contribution in [3.63, 3.8) is 0 Å². The van der Waals surface area contributed by atoms with Gasteiger partial charge in [0.25, 0.3) is 0 Å². The molecule has 0 aliphatic heterocycles. The zero-order valence-electron chi connectivity index (χ0n) is 11.0. The summed E-state index contributed by atoms with van der Waals surface area (Å²) in [6.07, 6.45) is 6.54. The molecule has 0 aliphatic rings. The topological polar surface area (TPSA) is 73.5 Å². The lowest BCUT2D eigenvalue weighted by molar-refractivity contribution is 0.629. The average Bonchev–Trinajstić information content (AvgIpc) is 3.18. The van der Waals surface area contributed by atoms with Crippen LogP contribution in [0.4, 0.5) is 10.1 Å².